The van der Waals surface area contributed by atoms with Crippen molar-refractivity contribution in [1.82, 2.24) is 0 Å². The molecule has 2 aromatic rings. The van der Waals surface area contributed by atoms with Gasteiger partial charge in [0.05, 0.1) is 0 Å². The molecule has 2 rings (SSSR count). The van der Waals surface area contributed by atoms with Crippen LogP contribution in [0.15, 0.2) is 42.5 Å². The monoisotopic (exact) mass is 258 g/mol. The van der Waals surface area contributed by atoms with Gasteiger partial charge in [0, 0.05) is 29.6 Å². The molecule has 0 heterocycles. The summed E-state index contributed by atoms with van der Waals surface area (Å²) in [5.41, 5.74) is 1.95. The number of carbonyl (C=O) groups is 1. The summed E-state index contributed by atoms with van der Waals surface area (Å²) in [6.45, 7) is 1.88. The molecule has 0 spiro atoms. The third kappa shape index (κ3) is 3.38. The van der Waals surface area contributed by atoms with Gasteiger partial charge in [-0.15, -0.1) is 0 Å². The maximum atomic E-state index is 11.8. The first kappa shape index (κ1) is 12.8. The largest absolute Gasteiger partial charge is 0.508 e. The minimum Gasteiger partial charge on any atom is -0.508 e. The van der Waals surface area contributed by atoms with Crippen molar-refractivity contribution in [2.75, 3.05) is 10.6 Å². The van der Waals surface area contributed by atoms with Crippen LogP contribution in [-0.4, -0.2) is 16.2 Å². The summed E-state index contributed by atoms with van der Waals surface area (Å²) in [4.78, 5) is 11.8. The summed E-state index contributed by atoms with van der Waals surface area (Å²) in [5, 5.41) is 23.8. The molecule has 0 saturated carbocycles. The molecule has 19 heavy (non-hydrogen) atoms. The number of aromatic hydroxyl groups is 2. The lowest BCUT2D eigenvalue weighted by atomic mass is 10.2. The highest BCUT2D eigenvalue weighted by molar-refractivity contribution is 6.00. The van der Waals surface area contributed by atoms with Gasteiger partial charge >= 0.3 is 6.03 Å². The number of benzene rings is 2. The molecule has 0 radical (unpaired) electrons. The van der Waals surface area contributed by atoms with E-state index in [1.807, 2.05) is 25.1 Å². The Balaban J connectivity index is 2.07. The van der Waals surface area contributed by atoms with E-state index in [1.165, 1.54) is 18.2 Å². The van der Waals surface area contributed by atoms with E-state index in [4.69, 9.17) is 0 Å². The Bertz CT molecular complexity index is 591. The number of hydrogen-bond donors (Lipinski definition) is 4. The molecule has 0 unspecified atom stereocenters. The van der Waals surface area contributed by atoms with Crippen LogP contribution < -0.4 is 10.6 Å². The second kappa shape index (κ2) is 5.30. The number of phenolic OH excluding ortho intramolecular Hbond substituents is 2. The zero-order valence-corrected chi connectivity index (χ0v) is 10.3. The number of phenols is 2. The fourth-order valence-corrected chi connectivity index (χ4v) is 1.67. The first-order valence-electron chi connectivity index (χ1n) is 5.71. The van der Waals surface area contributed by atoms with Crippen LogP contribution in [0.2, 0.25) is 0 Å². The Morgan fingerprint density at radius 1 is 1.00 bits per heavy atom. The predicted molar refractivity (Wildman–Crippen MR) is 73.6 cm³/mol. The fraction of sp³-hybridized carbons (Fsp3) is 0.0714. The smallest absolute Gasteiger partial charge is 0.323 e. The van der Waals surface area contributed by atoms with E-state index in [0.717, 1.165) is 5.56 Å². The highest BCUT2D eigenvalue weighted by Crippen LogP contribution is 2.24. The number of nitrogens with one attached hydrogen (secondary N) is 2. The predicted octanol–water partition coefficient (Wildman–Crippen LogP) is 3.05. The molecule has 0 fully saturated rings. The SMILES string of the molecule is Cc1ccccc1NC(=O)Nc1cc(O)cc(O)c1. The lowest BCUT2D eigenvalue weighted by Crippen LogP contribution is -2.19. The first-order chi connectivity index (χ1) is 9.04. The molecule has 0 aliphatic carbocycles. The van der Waals surface area contributed by atoms with Crippen molar-refractivity contribution < 1.29 is 15.0 Å². The number of rotatable bonds is 2. The lowest BCUT2D eigenvalue weighted by molar-refractivity contribution is 0.262. The number of amides is 2. The minimum atomic E-state index is -0.445. The van der Waals surface area contributed by atoms with Crippen LogP contribution in [0.25, 0.3) is 0 Å². The third-order valence-corrected chi connectivity index (χ3v) is 2.55. The van der Waals surface area contributed by atoms with E-state index in [0.29, 0.717) is 11.4 Å². The summed E-state index contributed by atoms with van der Waals surface area (Å²) in [6, 6.07) is 10.8. The molecule has 5 nitrogen and oxygen atoms in total. The van der Waals surface area contributed by atoms with Gasteiger partial charge in [-0.25, -0.2) is 4.79 Å². The quantitative estimate of drug-likeness (QED) is 0.668. The Morgan fingerprint density at radius 3 is 2.26 bits per heavy atom. The average molecular weight is 258 g/mol. The molecule has 2 amide bonds. The van der Waals surface area contributed by atoms with Crippen LogP contribution in [0.3, 0.4) is 0 Å². The number of urea groups is 1. The van der Waals surface area contributed by atoms with Gasteiger partial charge in [0.2, 0.25) is 0 Å². The molecule has 4 N–H and O–H groups in total. The van der Waals surface area contributed by atoms with E-state index < -0.39 is 6.03 Å². The third-order valence-electron chi connectivity index (χ3n) is 2.55. The van der Waals surface area contributed by atoms with Gasteiger partial charge in [0.15, 0.2) is 0 Å². The van der Waals surface area contributed by atoms with Crippen molar-refractivity contribution in [1.29, 1.82) is 0 Å². The van der Waals surface area contributed by atoms with Crippen molar-refractivity contribution in [3.63, 3.8) is 0 Å². The Kier molecular flexibility index (Phi) is 3.56. The van der Waals surface area contributed by atoms with Crippen molar-refractivity contribution in [2.24, 2.45) is 0 Å². The summed E-state index contributed by atoms with van der Waals surface area (Å²) < 4.78 is 0. The lowest BCUT2D eigenvalue weighted by Gasteiger charge is -2.10. The van der Waals surface area contributed by atoms with Crippen LogP contribution in [0.5, 0.6) is 11.5 Å². The second-order valence-corrected chi connectivity index (χ2v) is 4.13. The van der Waals surface area contributed by atoms with Crippen molar-refractivity contribution in [2.45, 2.75) is 6.92 Å². The summed E-state index contributed by atoms with van der Waals surface area (Å²) >= 11 is 0. The topological polar surface area (TPSA) is 81.6 Å². The Hall–Kier alpha value is -2.69. The number of anilines is 2. The van der Waals surface area contributed by atoms with Gasteiger partial charge in [-0.05, 0) is 18.6 Å². The number of carbonyl (C=O) groups excluding carboxylic acids is 1. The summed E-state index contributed by atoms with van der Waals surface area (Å²) in [5.74, 6) is -0.239. The second-order valence-electron chi connectivity index (χ2n) is 4.13. The van der Waals surface area contributed by atoms with Crippen molar-refractivity contribution in [3.8, 4) is 11.5 Å². The van der Waals surface area contributed by atoms with Gasteiger partial charge in [0.25, 0.3) is 0 Å². The van der Waals surface area contributed by atoms with E-state index in [-0.39, 0.29) is 11.5 Å². The van der Waals surface area contributed by atoms with E-state index in [9.17, 15) is 15.0 Å². The van der Waals surface area contributed by atoms with Crippen LogP contribution in [0.1, 0.15) is 5.56 Å². The molecule has 0 saturated heterocycles. The van der Waals surface area contributed by atoms with E-state index in [1.54, 1.807) is 6.07 Å². The first-order valence-corrected chi connectivity index (χ1v) is 5.71. The summed E-state index contributed by atoms with van der Waals surface area (Å²) in [7, 11) is 0. The van der Waals surface area contributed by atoms with Gasteiger partial charge in [-0.3, -0.25) is 0 Å². The highest BCUT2D eigenvalue weighted by atomic mass is 16.3. The van der Waals surface area contributed by atoms with Gasteiger partial charge in [-0.2, -0.15) is 0 Å². The zero-order valence-electron chi connectivity index (χ0n) is 10.3. The number of aryl methyl sites for hydroxylation is 1. The minimum absolute atomic E-state index is 0.119. The molecular weight excluding hydrogens is 244 g/mol. The molecular formula is C14H14N2O3. The summed E-state index contributed by atoms with van der Waals surface area (Å²) in [6.07, 6.45) is 0. The van der Waals surface area contributed by atoms with Gasteiger partial charge in [0.1, 0.15) is 11.5 Å². The van der Waals surface area contributed by atoms with Gasteiger partial charge in [-0.1, -0.05) is 18.2 Å². The normalized spacial score (nSPS) is 9.95. The standard InChI is InChI=1S/C14H14N2O3/c1-9-4-2-3-5-13(9)16-14(19)15-10-6-11(17)8-12(18)7-10/h2-8,17-18H,1H3,(H2,15,16,19). The van der Waals surface area contributed by atoms with Crippen LogP contribution >= 0.6 is 0 Å². The molecule has 5 heteroatoms. The number of hydrogen-bond acceptors (Lipinski definition) is 3. The molecule has 0 atom stereocenters. The maximum Gasteiger partial charge on any atom is 0.323 e. The van der Waals surface area contributed by atoms with Gasteiger partial charge < -0.3 is 20.8 Å². The Labute approximate surface area is 110 Å². The zero-order chi connectivity index (χ0) is 13.8. The maximum absolute atomic E-state index is 11.8. The highest BCUT2D eigenvalue weighted by Gasteiger charge is 2.06. The van der Waals surface area contributed by atoms with Crippen LogP contribution in [0, 0.1) is 6.92 Å². The molecule has 0 aliphatic rings. The molecule has 0 aromatic heterocycles. The van der Waals surface area contributed by atoms with Crippen LogP contribution in [-0.2, 0) is 0 Å². The number of para-hydroxylation sites is 1. The van der Waals surface area contributed by atoms with Crippen molar-refractivity contribution >= 4 is 17.4 Å². The fourth-order valence-electron chi connectivity index (χ4n) is 1.67. The molecule has 98 valence electrons. The average Bonchev–Trinajstić information content (AvgIpc) is 2.30. The molecule has 0 bridgehead atoms. The molecule has 2 aromatic carbocycles. The van der Waals surface area contributed by atoms with Crippen LogP contribution in [0.4, 0.5) is 16.2 Å². The molecule has 0 aliphatic heterocycles. The Morgan fingerprint density at radius 2 is 1.63 bits per heavy atom. The van der Waals surface area contributed by atoms with Crippen molar-refractivity contribution in [3.05, 3.63) is 48.0 Å². The van der Waals surface area contributed by atoms with E-state index >= 15 is 0 Å². The van der Waals surface area contributed by atoms with E-state index in [2.05, 4.69) is 10.6 Å².